The summed E-state index contributed by atoms with van der Waals surface area (Å²) in [5, 5.41) is 20.6. The third kappa shape index (κ3) is 4.32. The Hall–Kier alpha value is -0.160. The lowest BCUT2D eigenvalue weighted by Crippen LogP contribution is -2.56. The molecule has 0 amide bonds. The van der Waals surface area contributed by atoms with Gasteiger partial charge < -0.3 is 21.1 Å². The molecule has 0 saturated carbocycles. The second-order valence-electron chi connectivity index (χ2n) is 9.38. The van der Waals surface area contributed by atoms with E-state index in [0.29, 0.717) is 18.0 Å². The van der Waals surface area contributed by atoms with Crippen molar-refractivity contribution in [1.29, 1.82) is 0 Å². The molecule has 0 radical (unpaired) electrons. The van der Waals surface area contributed by atoms with Crippen LogP contribution in [-0.2, 0) is 0 Å². The van der Waals surface area contributed by atoms with E-state index in [1.54, 1.807) is 0 Å². The zero-order chi connectivity index (χ0) is 17.3. The topological polar surface area (TPSA) is 56.3 Å². The Balaban J connectivity index is 1.40. The maximum absolute atomic E-state index is 9.72. The SMILES string of the molecule is CC(C)C1NCC1CC(C)C1CC(CC(C)C2CC(O)CN2)CN1. The van der Waals surface area contributed by atoms with Gasteiger partial charge in [0.25, 0.3) is 0 Å². The number of β-amino-alcohol motifs (C(OH)–C–C–N with tert-alkyl or cyclic N) is 1. The van der Waals surface area contributed by atoms with Gasteiger partial charge in [0.2, 0.25) is 0 Å². The van der Waals surface area contributed by atoms with E-state index in [2.05, 4.69) is 43.6 Å². The standard InChI is InChI=1S/C20H39N3O/c1-12(2)20-16(10-23-20)6-14(4)18-7-15(9-21-18)5-13(3)19-8-17(24)11-22-19/h12-24H,5-11H2,1-4H3. The normalized spacial score (nSPS) is 42.2. The molecule has 140 valence electrons. The van der Waals surface area contributed by atoms with Crippen LogP contribution in [0.25, 0.3) is 0 Å². The van der Waals surface area contributed by atoms with E-state index in [0.717, 1.165) is 42.7 Å². The van der Waals surface area contributed by atoms with Crippen LogP contribution in [-0.4, -0.2) is 49.0 Å². The summed E-state index contributed by atoms with van der Waals surface area (Å²) < 4.78 is 0. The third-order valence-corrected chi connectivity index (χ3v) is 6.99. The number of hydrogen-bond donors (Lipinski definition) is 4. The summed E-state index contributed by atoms with van der Waals surface area (Å²) in [4.78, 5) is 0. The Morgan fingerprint density at radius 3 is 2.08 bits per heavy atom. The molecule has 3 saturated heterocycles. The first kappa shape index (κ1) is 18.6. The van der Waals surface area contributed by atoms with Crippen molar-refractivity contribution in [3.05, 3.63) is 0 Å². The van der Waals surface area contributed by atoms with Crippen LogP contribution in [0.5, 0.6) is 0 Å². The van der Waals surface area contributed by atoms with Crippen LogP contribution < -0.4 is 16.0 Å². The van der Waals surface area contributed by atoms with Gasteiger partial charge in [0, 0.05) is 24.7 Å². The summed E-state index contributed by atoms with van der Waals surface area (Å²) in [6.45, 7) is 12.7. The molecule has 0 spiro atoms. The first-order valence-corrected chi connectivity index (χ1v) is 10.3. The van der Waals surface area contributed by atoms with E-state index in [1.807, 2.05) is 0 Å². The molecule has 3 fully saturated rings. The Bertz CT molecular complexity index is 402. The highest BCUT2D eigenvalue weighted by Crippen LogP contribution is 2.33. The Morgan fingerprint density at radius 2 is 1.50 bits per heavy atom. The molecule has 4 heteroatoms. The van der Waals surface area contributed by atoms with Crippen LogP contribution in [0, 0.1) is 29.6 Å². The van der Waals surface area contributed by atoms with Crippen molar-refractivity contribution in [2.24, 2.45) is 29.6 Å². The molecule has 3 heterocycles. The predicted octanol–water partition coefficient (Wildman–Crippen LogP) is 1.98. The molecule has 0 aromatic heterocycles. The van der Waals surface area contributed by atoms with Gasteiger partial charge in [-0.15, -0.1) is 0 Å². The van der Waals surface area contributed by atoms with Crippen molar-refractivity contribution in [3.63, 3.8) is 0 Å². The highest BCUT2D eigenvalue weighted by atomic mass is 16.3. The van der Waals surface area contributed by atoms with E-state index in [-0.39, 0.29) is 6.10 Å². The van der Waals surface area contributed by atoms with E-state index in [4.69, 9.17) is 0 Å². The van der Waals surface area contributed by atoms with Crippen molar-refractivity contribution >= 4 is 0 Å². The Morgan fingerprint density at radius 1 is 0.833 bits per heavy atom. The average molecular weight is 338 g/mol. The van der Waals surface area contributed by atoms with Gasteiger partial charge in [0.15, 0.2) is 0 Å². The van der Waals surface area contributed by atoms with E-state index in [9.17, 15) is 5.11 Å². The molecule has 0 aromatic carbocycles. The van der Waals surface area contributed by atoms with E-state index >= 15 is 0 Å². The summed E-state index contributed by atoms with van der Waals surface area (Å²) in [5.41, 5.74) is 0. The lowest BCUT2D eigenvalue weighted by molar-refractivity contribution is 0.141. The van der Waals surface area contributed by atoms with Crippen LogP contribution in [0.3, 0.4) is 0 Å². The van der Waals surface area contributed by atoms with Gasteiger partial charge in [-0.2, -0.15) is 0 Å². The summed E-state index contributed by atoms with van der Waals surface area (Å²) in [7, 11) is 0. The first-order chi connectivity index (χ1) is 11.4. The highest BCUT2D eigenvalue weighted by Gasteiger charge is 2.37. The number of rotatable bonds is 7. The average Bonchev–Trinajstić information content (AvgIpc) is 3.11. The quantitative estimate of drug-likeness (QED) is 0.574. The zero-order valence-corrected chi connectivity index (χ0v) is 16.1. The van der Waals surface area contributed by atoms with Crippen LogP contribution >= 0.6 is 0 Å². The molecular formula is C20H39N3O. The minimum atomic E-state index is -0.128. The van der Waals surface area contributed by atoms with Crippen LogP contribution in [0.15, 0.2) is 0 Å². The number of aliphatic hydroxyl groups is 1. The maximum Gasteiger partial charge on any atom is 0.0679 e. The predicted molar refractivity (Wildman–Crippen MR) is 100.0 cm³/mol. The molecule has 4 nitrogen and oxygen atoms in total. The second-order valence-corrected chi connectivity index (χ2v) is 9.38. The molecule has 3 rings (SSSR count). The van der Waals surface area contributed by atoms with Crippen molar-refractivity contribution in [3.8, 4) is 0 Å². The summed E-state index contributed by atoms with van der Waals surface area (Å²) in [5.74, 6) is 3.90. The molecule has 8 unspecified atom stereocenters. The summed E-state index contributed by atoms with van der Waals surface area (Å²) >= 11 is 0. The summed E-state index contributed by atoms with van der Waals surface area (Å²) in [6.07, 6.45) is 4.81. The van der Waals surface area contributed by atoms with E-state index in [1.165, 1.54) is 32.4 Å². The fraction of sp³-hybridized carbons (Fsp3) is 1.00. The lowest BCUT2D eigenvalue weighted by Gasteiger charge is -2.43. The van der Waals surface area contributed by atoms with Crippen molar-refractivity contribution in [1.82, 2.24) is 16.0 Å². The van der Waals surface area contributed by atoms with Gasteiger partial charge in [-0.3, -0.25) is 0 Å². The molecule has 0 aliphatic carbocycles. The minimum absolute atomic E-state index is 0.128. The number of nitrogens with one attached hydrogen (secondary N) is 3. The monoisotopic (exact) mass is 337 g/mol. The smallest absolute Gasteiger partial charge is 0.0679 e. The van der Waals surface area contributed by atoms with Crippen molar-refractivity contribution in [2.45, 2.75) is 77.6 Å². The Kier molecular flexibility index (Phi) is 6.23. The van der Waals surface area contributed by atoms with Crippen LogP contribution in [0.2, 0.25) is 0 Å². The first-order valence-electron chi connectivity index (χ1n) is 10.3. The fourth-order valence-corrected chi connectivity index (χ4v) is 5.40. The molecule has 0 aromatic rings. The van der Waals surface area contributed by atoms with Crippen LogP contribution in [0.1, 0.15) is 53.4 Å². The van der Waals surface area contributed by atoms with E-state index < -0.39 is 0 Å². The minimum Gasteiger partial charge on any atom is -0.392 e. The molecule has 4 N–H and O–H groups in total. The molecular weight excluding hydrogens is 298 g/mol. The van der Waals surface area contributed by atoms with Gasteiger partial charge in [0.1, 0.15) is 0 Å². The van der Waals surface area contributed by atoms with Crippen LogP contribution in [0.4, 0.5) is 0 Å². The fourth-order valence-electron chi connectivity index (χ4n) is 5.40. The molecule has 24 heavy (non-hydrogen) atoms. The second kappa shape index (κ2) is 8.03. The third-order valence-electron chi connectivity index (χ3n) is 6.99. The van der Waals surface area contributed by atoms with Crippen molar-refractivity contribution in [2.75, 3.05) is 19.6 Å². The lowest BCUT2D eigenvalue weighted by atomic mass is 9.76. The van der Waals surface area contributed by atoms with Gasteiger partial charge >= 0.3 is 0 Å². The van der Waals surface area contributed by atoms with Gasteiger partial charge in [-0.25, -0.2) is 0 Å². The zero-order valence-electron chi connectivity index (χ0n) is 16.1. The summed E-state index contributed by atoms with van der Waals surface area (Å²) in [6, 6.07) is 1.96. The molecule has 3 aliphatic heterocycles. The number of aliphatic hydroxyl groups excluding tert-OH is 1. The van der Waals surface area contributed by atoms with Crippen molar-refractivity contribution < 1.29 is 5.11 Å². The Labute approximate surface area is 148 Å². The molecule has 8 atom stereocenters. The maximum atomic E-state index is 9.72. The largest absolute Gasteiger partial charge is 0.392 e. The molecule has 3 aliphatic rings. The number of hydrogen-bond acceptors (Lipinski definition) is 4. The molecule has 0 bridgehead atoms. The van der Waals surface area contributed by atoms with Gasteiger partial charge in [-0.05, 0) is 68.4 Å². The van der Waals surface area contributed by atoms with Gasteiger partial charge in [0.05, 0.1) is 6.10 Å². The highest BCUT2D eigenvalue weighted by molar-refractivity contribution is 4.94. The van der Waals surface area contributed by atoms with Gasteiger partial charge in [-0.1, -0.05) is 27.7 Å².